The number of benzene rings is 1. The Morgan fingerprint density at radius 2 is 2.05 bits per heavy atom. The van der Waals surface area contributed by atoms with Crippen molar-refractivity contribution in [3.8, 4) is 0 Å². The zero-order valence-electron chi connectivity index (χ0n) is 12.2. The first-order valence-electron chi connectivity index (χ1n) is 6.79. The third-order valence-electron chi connectivity index (χ3n) is 3.11. The van der Waals surface area contributed by atoms with Crippen molar-refractivity contribution in [3.05, 3.63) is 41.7 Å². The Kier molecular flexibility index (Phi) is 4.53. The second-order valence-corrected chi connectivity index (χ2v) is 4.82. The molecule has 106 valence electrons. The van der Waals surface area contributed by atoms with Gasteiger partial charge < -0.3 is 10.3 Å². The van der Waals surface area contributed by atoms with Crippen molar-refractivity contribution < 1.29 is 0 Å². The molecule has 5 nitrogen and oxygen atoms in total. The highest BCUT2D eigenvalue weighted by molar-refractivity contribution is 5.62. The summed E-state index contributed by atoms with van der Waals surface area (Å²) >= 11 is 0. The van der Waals surface area contributed by atoms with Crippen molar-refractivity contribution in [2.45, 2.75) is 26.7 Å². The van der Waals surface area contributed by atoms with Gasteiger partial charge in [0.15, 0.2) is 0 Å². The summed E-state index contributed by atoms with van der Waals surface area (Å²) in [4.78, 5) is 11.0. The van der Waals surface area contributed by atoms with Gasteiger partial charge in [-0.1, -0.05) is 19.1 Å². The van der Waals surface area contributed by atoms with Gasteiger partial charge in [0.1, 0.15) is 17.5 Å². The first kappa shape index (κ1) is 14.3. The number of aryl methyl sites for hydroxylation is 2. The molecule has 0 fully saturated rings. The molecular weight excluding hydrogens is 250 g/mol. The predicted molar refractivity (Wildman–Crippen MR) is 83.1 cm³/mol. The predicted octanol–water partition coefficient (Wildman–Crippen LogP) is 2.79. The summed E-state index contributed by atoms with van der Waals surface area (Å²) in [6.07, 6.45) is 1.84. The number of nitrogen functional groups attached to an aromatic ring is 1. The molecule has 0 unspecified atom stereocenters. The lowest BCUT2D eigenvalue weighted by Gasteiger charge is -2.20. The van der Waals surface area contributed by atoms with Gasteiger partial charge in [-0.15, -0.1) is 0 Å². The van der Waals surface area contributed by atoms with Crippen LogP contribution >= 0.6 is 0 Å². The maximum Gasteiger partial charge on any atom is 0.145 e. The number of aromatic nitrogens is 2. The quantitative estimate of drug-likeness (QED) is 0.646. The largest absolute Gasteiger partial charge is 0.329 e. The van der Waals surface area contributed by atoms with Crippen molar-refractivity contribution in [1.82, 2.24) is 9.97 Å². The zero-order valence-corrected chi connectivity index (χ0v) is 12.2. The van der Waals surface area contributed by atoms with Crippen LogP contribution in [0.2, 0.25) is 0 Å². The van der Waals surface area contributed by atoms with Crippen LogP contribution in [0.3, 0.4) is 0 Å². The Bertz CT molecular complexity index is 582. The first-order chi connectivity index (χ1) is 9.63. The van der Waals surface area contributed by atoms with E-state index in [0.717, 1.165) is 30.2 Å². The smallest absolute Gasteiger partial charge is 0.145 e. The number of nitrogens with zero attached hydrogens (tertiary/aromatic N) is 3. The van der Waals surface area contributed by atoms with Crippen LogP contribution in [0.15, 0.2) is 30.3 Å². The van der Waals surface area contributed by atoms with Crippen LogP contribution in [0.25, 0.3) is 0 Å². The molecule has 0 aliphatic rings. The fourth-order valence-electron chi connectivity index (χ4n) is 2.03. The zero-order chi connectivity index (χ0) is 14.5. The van der Waals surface area contributed by atoms with Crippen molar-refractivity contribution in [2.24, 2.45) is 5.84 Å². The maximum atomic E-state index is 5.49. The summed E-state index contributed by atoms with van der Waals surface area (Å²) < 4.78 is 0. The van der Waals surface area contributed by atoms with Gasteiger partial charge in [-0.2, -0.15) is 0 Å². The lowest BCUT2D eigenvalue weighted by atomic mass is 10.2. The van der Waals surface area contributed by atoms with Crippen molar-refractivity contribution in [3.63, 3.8) is 0 Å². The Labute approximate surface area is 119 Å². The molecular formula is C15H21N5. The van der Waals surface area contributed by atoms with Gasteiger partial charge in [-0.05, 0) is 31.0 Å². The third kappa shape index (κ3) is 3.24. The maximum absolute atomic E-state index is 5.49. The normalized spacial score (nSPS) is 10.4. The van der Waals surface area contributed by atoms with Crippen LogP contribution in [0, 0.1) is 6.92 Å². The fraction of sp³-hybridized carbons (Fsp3) is 0.333. The lowest BCUT2D eigenvalue weighted by molar-refractivity contribution is 0.831. The Morgan fingerprint density at radius 1 is 1.25 bits per heavy atom. The summed E-state index contributed by atoms with van der Waals surface area (Å²) in [5.74, 6) is 7.76. The van der Waals surface area contributed by atoms with E-state index in [-0.39, 0.29) is 0 Å². The van der Waals surface area contributed by atoms with Gasteiger partial charge in [-0.3, -0.25) is 0 Å². The van der Waals surface area contributed by atoms with E-state index in [4.69, 9.17) is 5.84 Å². The second kappa shape index (κ2) is 6.34. The highest BCUT2D eigenvalue weighted by atomic mass is 15.3. The van der Waals surface area contributed by atoms with Gasteiger partial charge in [-0.25, -0.2) is 15.8 Å². The molecule has 5 heteroatoms. The SMILES string of the molecule is CCCc1nc(NN)cc(N(C)c2cccc(C)c2)n1. The molecule has 0 atom stereocenters. The first-order valence-corrected chi connectivity index (χ1v) is 6.79. The second-order valence-electron chi connectivity index (χ2n) is 4.82. The Balaban J connectivity index is 2.37. The van der Waals surface area contributed by atoms with Crippen LogP contribution in [-0.4, -0.2) is 17.0 Å². The molecule has 0 spiro atoms. The number of nitrogens with one attached hydrogen (secondary N) is 1. The molecule has 0 radical (unpaired) electrons. The molecule has 0 bridgehead atoms. The molecule has 20 heavy (non-hydrogen) atoms. The monoisotopic (exact) mass is 271 g/mol. The number of hydrogen-bond donors (Lipinski definition) is 2. The van der Waals surface area contributed by atoms with E-state index in [1.165, 1.54) is 5.56 Å². The number of anilines is 3. The van der Waals surface area contributed by atoms with E-state index < -0.39 is 0 Å². The molecule has 0 aliphatic heterocycles. The summed E-state index contributed by atoms with van der Waals surface area (Å²) in [6.45, 7) is 4.18. The Morgan fingerprint density at radius 3 is 2.70 bits per heavy atom. The van der Waals surface area contributed by atoms with Crippen molar-refractivity contribution in [2.75, 3.05) is 17.4 Å². The van der Waals surface area contributed by atoms with Crippen LogP contribution < -0.4 is 16.2 Å². The summed E-state index contributed by atoms with van der Waals surface area (Å²) in [5.41, 5.74) is 4.91. The van der Waals surface area contributed by atoms with Crippen LogP contribution in [-0.2, 0) is 6.42 Å². The van der Waals surface area contributed by atoms with Gasteiger partial charge in [0.25, 0.3) is 0 Å². The van der Waals surface area contributed by atoms with Gasteiger partial charge >= 0.3 is 0 Å². The van der Waals surface area contributed by atoms with Crippen LogP contribution in [0.5, 0.6) is 0 Å². The molecule has 1 aromatic carbocycles. The van der Waals surface area contributed by atoms with E-state index in [1.54, 1.807) is 0 Å². The summed E-state index contributed by atoms with van der Waals surface area (Å²) in [7, 11) is 1.99. The molecule has 2 rings (SSSR count). The van der Waals surface area contributed by atoms with Crippen LogP contribution in [0.4, 0.5) is 17.3 Å². The Hall–Kier alpha value is -2.14. The van der Waals surface area contributed by atoms with E-state index >= 15 is 0 Å². The molecule has 3 N–H and O–H groups in total. The van der Waals surface area contributed by atoms with E-state index in [1.807, 2.05) is 24.1 Å². The minimum atomic E-state index is 0.637. The van der Waals surface area contributed by atoms with Crippen molar-refractivity contribution >= 4 is 17.3 Å². The minimum absolute atomic E-state index is 0.637. The van der Waals surface area contributed by atoms with Gasteiger partial charge in [0.2, 0.25) is 0 Å². The molecule has 0 saturated heterocycles. The van der Waals surface area contributed by atoms with E-state index in [9.17, 15) is 0 Å². The fourth-order valence-corrected chi connectivity index (χ4v) is 2.03. The number of hydrazine groups is 1. The highest BCUT2D eigenvalue weighted by Gasteiger charge is 2.09. The number of rotatable bonds is 5. The molecule has 1 aromatic heterocycles. The van der Waals surface area contributed by atoms with Gasteiger partial charge in [0, 0.05) is 25.2 Å². The third-order valence-corrected chi connectivity index (χ3v) is 3.11. The average Bonchev–Trinajstić information content (AvgIpc) is 2.46. The molecule has 0 aliphatic carbocycles. The molecule has 0 saturated carbocycles. The summed E-state index contributed by atoms with van der Waals surface area (Å²) in [5, 5.41) is 0. The van der Waals surface area contributed by atoms with Crippen molar-refractivity contribution in [1.29, 1.82) is 0 Å². The summed E-state index contributed by atoms with van der Waals surface area (Å²) in [6, 6.07) is 10.1. The standard InChI is InChI=1S/C15H21N5/c1-4-6-13-17-14(19-16)10-15(18-13)20(3)12-8-5-7-11(2)9-12/h5,7-10H,4,6,16H2,1-3H3,(H,17,18,19). The molecule has 2 aromatic rings. The lowest BCUT2D eigenvalue weighted by Crippen LogP contribution is -2.16. The average molecular weight is 271 g/mol. The van der Waals surface area contributed by atoms with E-state index in [0.29, 0.717) is 5.82 Å². The molecule has 0 amide bonds. The number of hydrogen-bond acceptors (Lipinski definition) is 5. The van der Waals surface area contributed by atoms with Gasteiger partial charge in [0.05, 0.1) is 0 Å². The highest BCUT2D eigenvalue weighted by Crippen LogP contribution is 2.24. The van der Waals surface area contributed by atoms with E-state index in [2.05, 4.69) is 47.4 Å². The topological polar surface area (TPSA) is 67.1 Å². The van der Waals surface area contributed by atoms with Crippen LogP contribution in [0.1, 0.15) is 24.7 Å². The number of nitrogens with two attached hydrogens (primary N) is 1. The minimum Gasteiger partial charge on any atom is -0.329 e. The molecule has 1 heterocycles.